The van der Waals surface area contributed by atoms with Crippen molar-refractivity contribution in [3.05, 3.63) is 59.0 Å². The lowest BCUT2D eigenvalue weighted by molar-refractivity contribution is 0.101. The molecule has 23 heavy (non-hydrogen) atoms. The highest BCUT2D eigenvalue weighted by atomic mass is 35.5. The van der Waals surface area contributed by atoms with E-state index >= 15 is 0 Å². The van der Waals surface area contributed by atoms with Crippen molar-refractivity contribution in [1.82, 2.24) is 4.57 Å². The van der Waals surface area contributed by atoms with Crippen molar-refractivity contribution in [2.24, 2.45) is 7.05 Å². The number of ether oxygens (including phenoxy) is 1. The first-order chi connectivity index (χ1) is 11.0. The first-order valence-corrected chi connectivity index (χ1v) is 7.27. The molecule has 2 aromatic carbocycles. The average Bonchev–Trinajstić information content (AvgIpc) is 2.84. The van der Waals surface area contributed by atoms with Gasteiger partial charge in [-0.3, -0.25) is 4.79 Å². The van der Waals surface area contributed by atoms with Crippen LogP contribution < -0.4 is 10.1 Å². The standard InChI is InChI=1S/C17H14ClFN2O2/c1-21-14-9-12(19)5-3-10(14)7-15(21)17(22)20-13-8-11(18)4-6-16(13)23-2/h3-9H,1-2H3,(H,20,22). The molecule has 3 rings (SSSR count). The van der Waals surface area contributed by atoms with Crippen LogP contribution in [0.15, 0.2) is 42.5 Å². The number of halogens is 2. The van der Waals surface area contributed by atoms with Gasteiger partial charge >= 0.3 is 0 Å². The van der Waals surface area contributed by atoms with Crippen molar-refractivity contribution in [3.8, 4) is 5.75 Å². The molecule has 0 saturated carbocycles. The molecule has 0 aliphatic heterocycles. The Morgan fingerprint density at radius 3 is 2.74 bits per heavy atom. The van der Waals surface area contributed by atoms with Gasteiger partial charge in [0.15, 0.2) is 0 Å². The highest BCUT2D eigenvalue weighted by Gasteiger charge is 2.16. The summed E-state index contributed by atoms with van der Waals surface area (Å²) in [6.07, 6.45) is 0. The van der Waals surface area contributed by atoms with E-state index in [-0.39, 0.29) is 11.7 Å². The van der Waals surface area contributed by atoms with Crippen molar-refractivity contribution in [2.45, 2.75) is 0 Å². The van der Waals surface area contributed by atoms with Gasteiger partial charge in [0, 0.05) is 17.5 Å². The van der Waals surface area contributed by atoms with Crippen LogP contribution in [0.1, 0.15) is 10.5 Å². The zero-order chi connectivity index (χ0) is 16.6. The molecule has 0 aliphatic carbocycles. The Labute approximate surface area is 137 Å². The summed E-state index contributed by atoms with van der Waals surface area (Å²) in [5.74, 6) is -0.167. The van der Waals surface area contributed by atoms with E-state index in [1.54, 1.807) is 41.9 Å². The Kier molecular flexibility index (Phi) is 3.96. The number of carbonyl (C=O) groups excluding carboxylic acids is 1. The summed E-state index contributed by atoms with van der Waals surface area (Å²) in [5.41, 5.74) is 1.53. The highest BCUT2D eigenvalue weighted by molar-refractivity contribution is 6.31. The van der Waals surface area contributed by atoms with E-state index in [1.807, 2.05) is 0 Å². The van der Waals surface area contributed by atoms with Crippen LogP contribution in [0, 0.1) is 5.82 Å². The minimum Gasteiger partial charge on any atom is -0.495 e. The highest BCUT2D eigenvalue weighted by Crippen LogP contribution is 2.28. The number of aryl methyl sites for hydroxylation is 1. The first kappa shape index (κ1) is 15.4. The summed E-state index contributed by atoms with van der Waals surface area (Å²) < 4.78 is 20.2. The van der Waals surface area contributed by atoms with Crippen molar-refractivity contribution < 1.29 is 13.9 Å². The third kappa shape index (κ3) is 2.87. The molecule has 1 aromatic heterocycles. The molecule has 0 bridgehead atoms. The van der Waals surface area contributed by atoms with Gasteiger partial charge in [0.1, 0.15) is 17.3 Å². The zero-order valence-electron chi connectivity index (χ0n) is 12.6. The minimum absolute atomic E-state index is 0.329. The number of aromatic nitrogens is 1. The fourth-order valence-electron chi connectivity index (χ4n) is 2.49. The van der Waals surface area contributed by atoms with E-state index in [9.17, 15) is 9.18 Å². The fraction of sp³-hybridized carbons (Fsp3) is 0.118. The van der Waals surface area contributed by atoms with Crippen molar-refractivity contribution in [2.75, 3.05) is 12.4 Å². The largest absolute Gasteiger partial charge is 0.495 e. The lowest BCUT2D eigenvalue weighted by Gasteiger charge is -2.11. The Morgan fingerprint density at radius 2 is 2.00 bits per heavy atom. The van der Waals surface area contributed by atoms with Crippen molar-refractivity contribution in [1.29, 1.82) is 0 Å². The lowest BCUT2D eigenvalue weighted by Crippen LogP contribution is -2.16. The smallest absolute Gasteiger partial charge is 0.272 e. The van der Waals surface area contributed by atoms with Crippen LogP contribution in [-0.4, -0.2) is 17.6 Å². The van der Waals surface area contributed by atoms with Crippen LogP contribution in [0.4, 0.5) is 10.1 Å². The number of rotatable bonds is 3. The summed E-state index contributed by atoms with van der Waals surface area (Å²) in [5, 5.41) is 4.05. The number of methoxy groups -OCH3 is 1. The van der Waals surface area contributed by atoms with Crippen LogP contribution in [0.3, 0.4) is 0 Å². The van der Waals surface area contributed by atoms with Gasteiger partial charge in [0.05, 0.1) is 18.3 Å². The van der Waals surface area contributed by atoms with Gasteiger partial charge in [-0.1, -0.05) is 11.6 Å². The molecule has 4 nitrogen and oxygen atoms in total. The van der Waals surface area contributed by atoms with Gasteiger partial charge < -0.3 is 14.6 Å². The van der Waals surface area contributed by atoms with Gasteiger partial charge in [0.2, 0.25) is 0 Å². The quantitative estimate of drug-likeness (QED) is 0.780. The molecule has 0 aliphatic rings. The molecule has 6 heteroatoms. The molecule has 0 radical (unpaired) electrons. The van der Waals surface area contributed by atoms with E-state index in [2.05, 4.69) is 5.32 Å². The van der Waals surface area contributed by atoms with Gasteiger partial charge in [0.25, 0.3) is 5.91 Å². The van der Waals surface area contributed by atoms with E-state index in [1.165, 1.54) is 19.2 Å². The normalized spacial score (nSPS) is 10.8. The fourth-order valence-corrected chi connectivity index (χ4v) is 2.66. The van der Waals surface area contributed by atoms with E-state index in [0.29, 0.717) is 27.7 Å². The maximum atomic E-state index is 13.4. The molecule has 1 heterocycles. The second-order valence-electron chi connectivity index (χ2n) is 5.09. The number of fused-ring (bicyclic) bond motifs is 1. The number of anilines is 1. The molecule has 118 valence electrons. The van der Waals surface area contributed by atoms with Crippen LogP contribution in [0.2, 0.25) is 5.02 Å². The van der Waals surface area contributed by atoms with Gasteiger partial charge in [-0.05, 0) is 42.5 Å². The molecule has 0 atom stereocenters. The maximum absolute atomic E-state index is 13.4. The predicted octanol–water partition coefficient (Wildman–Crippen LogP) is 4.23. The molecule has 0 unspecified atom stereocenters. The number of hydrogen-bond acceptors (Lipinski definition) is 2. The number of nitrogens with zero attached hydrogens (tertiary/aromatic N) is 1. The topological polar surface area (TPSA) is 43.3 Å². The van der Waals surface area contributed by atoms with Crippen molar-refractivity contribution in [3.63, 3.8) is 0 Å². The van der Waals surface area contributed by atoms with E-state index < -0.39 is 0 Å². The van der Waals surface area contributed by atoms with Gasteiger partial charge in [-0.2, -0.15) is 0 Å². The third-order valence-electron chi connectivity index (χ3n) is 3.65. The molecule has 1 amide bonds. The molecule has 3 aromatic rings. The number of benzene rings is 2. The van der Waals surface area contributed by atoms with Crippen LogP contribution in [0.5, 0.6) is 5.75 Å². The lowest BCUT2D eigenvalue weighted by atomic mass is 10.2. The Balaban J connectivity index is 1.98. The molecule has 0 spiro atoms. The first-order valence-electron chi connectivity index (χ1n) is 6.89. The SMILES string of the molecule is COc1ccc(Cl)cc1NC(=O)c1cc2ccc(F)cc2n1C. The summed E-state index contributed by atoms with van der Waals surface area (Å²) in [4.78, 5) is 12.5. The molecule has 0 fully saturated rings. The second kappa shape index (κ2) is 5.93. The van der Waals surface area contributed by atoms with Gasteiger partial charge in [-0.25, -0.2) is 4.39 Å². The number of amides is 1. The second-order valence-corrected chi connectivity index (χ2v) is 5.53. The summed E-state index contributed by atoms with van der Waals surface area (Å²) in [7, 11) is 3.23. The summed E-state index contributed by atoms with van der Waals surface area (Å²) >= 11 is 5.96. The Hall–Kier alpha value is -2.53. The minimum atomic E-state index is -0.345. The zero-order valence-corrected chi connectivity index (χ0v) is 13.3. The van der Waals surface area contributed by atoms with E-state index in [4.69, 9.17) is 16.3 Å². The Morgan fingerprint density at radius 1 is 1.22 bits per heavy atom. The molecule has 0 saturated heterocycles. The number of carbonyl (C=O) groups is 1. The van der Waals surface area contributed by atoms with Crippen LogP contribution in [0.25, 0.3) is 10.9 Å². The average molecular weight is 333 g/mol. The predicted molar refractivity (Wildman–Crippen MR) is 88.8 cm³/mol. The monoisotopic (exact) mass is 332 g/mol. The van der Waals surface area contributed by atoms with Crippen molar-refractivity contribution >= 4 is 34.1 Å². The van der Waals surface area contributed by atoms with Crippen LogP contribution >= 0.6 is 11.6 Å². The van der Waals surface area contributed by atoms with E-state index in [0.717, 1.165) is 5.39 Å². The Bertz CT molecular complexity index is 905. The van der Waals surface area contributed by atoms with Gasteiger partial charge in [-0.15, -0.1) is 0 Å². The summed E-state index contributed by atoms with van der Waals surface area (Å²) in [6.45, 7) is 0. The molecular weight excluding hydrogens is 319 g/mol. The molecule has 1 N–H and O–H groups in total. The third-order valence-corrected chi connectivity index (χ3v) is 3.88. The summed E-state index contributed by atoms with van der Waals surface area (Å²) in [6, 6.07) is 11.1. The molecular formula is C17H14ClFN2O2. The van der Waals surface area contributed by atoms with Crippen LogP contribution in [-0.2, 0) is 7.05 Å². The maximum Gasteiger partial charge on any atom is 0.272 e. The number of nitrogens with one attached hydrogen (secondary N) is 1. The number of hydrogen-bond donors (Lipinski definition) is 1.